The third kappa shape index (κ3) is 3.11. The molecule has 0 atom stereocenters. The highest BCUT2D eigenvalue weighted by molar-refractivity contribution is 7.19. The van der Waals surface area contributed by atoms with Crippen LogP contribution in [0.3, 0.4) is 0 Å². The third-order valence-electron chi connectivity index (χ3n) is 2.81. The Hall–Kier alpha value is -2.02. The maximum atomic E-state index is 12.0. The van der Waals surface area contributed by atoms with Crippen LogP contribution >= 0.6 is 11.3 Å². The highest BCUT2D eigenvalue weighted by Gasteiger charge is 2.26. The molecule has 4 N–H and O–H groups in total. The van der Waals surface area contributed by atoms with Gasteiger partial charge in [0.15, 0.2) is 0 Å². The van der Waals surface area contributed by atoms with E-state index >= 15 is 0 Å². The van der Waals surface area contributed by atoms with Gasteiger partial charge in [-0.05, 0) is 6.92 Å². The molecule has 0 aliphatic rings. The van der Waals surface area contributed by atoms with Gasteiger partial charge in [0.1, 0.15) is 9.88 Å². The number of anilines is 2. The molecule has 0 fully saturated rings. The Morgan fingerprint density at radius 1 is 1.45 bits per heavy atom. The number of rotatable bonds is 6. The Balaban J connectivity index is 3.28. The second kappa shape index (κ2) is 6.95. The van der Waals surface area contributed by atoms with Crippen LogP contribution in [-0.4, -0.2) is 39.0 Å². The van der Waals surface area contributed by atoms with Crippen molar-refractivity contribution >= 4 is 33.8 Å². The van der Waals surface area contributed by atoms with E-state index in [4.69, 9.17) is 5.73 Å². The summed E-state index contributed by atoms with van der Waals surface area (Å²) < 4.78 is 0. The van der Waals surface area contributed by atoms with Crippen LogP contribution in [0.25, 0.3) is 0 Å². The molecule has 0 saturated carbocycles. The summed E-state index contributed by atoms with van der Waals surface area (Å²) >= 11 is 1.21. The number of hydrogen-bond donors (Lipinski definition) is 3. The largest absolute Gasteiger partial charge is 0.397 e. The molecule has 0 aliphatic heterocycles. The highest BCUT2D eigenvalue weighted by atomic mass is 32.1. The van der Waals surface area contributed by atoms with Crippen LogP contribution in [0.4, 0.5) is 10.7 Å². The minimum Gasteiger partial charge on any atom is -0.397 e. The predicted octanol–water partition coefficient (Wildman–Crippen LogP) is 1.06. The monoisotopic (exact) mass is 296 g/mol. The lowest BCUT2D eigenvalue weighted by atomic mass is 10.2. The van der Waals surface area contributed by atoms with Gasteiger partial charge in [0.2, 0.25) is 0 Å². The Morgan fingerprint density at radius 3 is 2.60 bits per heavy atom. The number of nitrogens with one attached hydrogen (secondary N) is 2. The maximum Gasteiger partial charge on any atom is 0.263 e. The molecule has 1 aromatic heterocycles. The van der Waals surface area contributed by atoms with Gasteiger partial charge in [0.05, 0.1) is 11.3 Å². The molecule has 0 aliphatic carbocycles. The van der Waals surface area contributed by atoms with Gasteiger partial charge in [-0.25, -0.2) is 0 Å². The first kappa shape index (κ1) is 16.0. The SMILES string of the molecule is C=CCNC(=O)c1sc(N(C)CC)c(C(=O)NC)c1N. The van der Waals surface area contributed by atoms with Gasteiger partial charge in [0, 0.05) is 27.2 Å². The first-order valence-electron chi connectivity index (χ1n) is 6.22. The van der Waals surface area contributed by atoms with Crippen LogP contribution in [0.15, 0.2) is 12.7 Å². The molecule has 0 spiro atoms. The maximum absolute atomic E-state index is 12.0. The van der Waals surface area contributed by atoms with Gasteiger partial charge in [-0.2, -0.15) is 0 Å². The number of amides is 2. The van der Waals surface area contributed by atoms with Gasteiger partial charge < -0.3 is 21.3 Å². The highest BCUT2D eigenvalue weighted by Crippen LogP contribution is 2.37. The van der Waals surface area contributed by atoms with Gasteiger partial charge in [0.25, 0.3) is 11.8 Å². The van der Waals surface area contributed by atoms with Crippen molar-refractivity contribution in [1.82, 2.24) is 10.6 Å². The average Bonchev–Trinajstić information content (AvgIpc) is 2.80. The number of hydrogen-bond acceptors (Lipinski definition) is 5. The summed E-state index contributed by atoms with van der Waals surface area (Å²) in [6, 6.07) is 0. The third-order valence-corrected chi connectivity index (χ3v) is 4.13. The Labute approximate surface area is 122 Å². The van der Waals surface area contributed by atoms with E-state index in [1.54, 1.807) is 6.08 Å². The van der Waals surface area contributed by atoms with Crippen LogP contribution in [-0.2, 0) is 0 Å². The minimum atomic E-state index is -0.298. The lowest BCUT2D eigenvalue weighted by Crippen LogP contribution is -2.24. The van der Waals surface area contributed by atoms with Gasteiger partial charge >= 0.3 is 0 Å². The summed E-state index contributed by atoms with van der Waals surface area (Å²) in [4.78, 5) is 26.2. The van der Waals surface area contributed by atoms with Crippen molar-refractivity contribution in [2.45, 2.75) is 6.92 Å². The number of thiophene rings is 1. The zero-order valence-corrected chi connectivity index (χ0v) is 12.8. The number of nitrogens with two attached hydrogens (primary N) is 1. The van der Waals surface area contributed by atoms with Crippen molar-refractivity contribution in [2.75, 3.05) is 37.8 Å². The first-order chi connectivity index (χ1) is 9.47. The fraction of sp³-hybridized carbons (Fsp3) is 0.385. The van der Waals surface area contributed by atoms with Crippen molar-refractivity contribution in [3.63, 3.8) is 0 Å². The summed E-state index contributed by atoms with van der Waals surface area (Å²) in [6.07, 6.45) is 1.58. The lowest BCUT2D eigenvalue weighted by Gasteiger charge is -2.16. The molecule has 0 aromatic carbocycles. The molecule has 7 heteroatoms. The van der Waals surface area contributed by atoms with Crippen molar-refractivity contribution in [3.05, 3.63) is 23.1 Å². The summed E-state index contributed by atoms with van der Waals surface area (Å²) in [5.41, 5.74) is 6.55. The van der Waals surface area contributed by atoms with E-state index < -0.39 is 0 Å². The van der Waals surface area contributed by atoms with Gasteiger partial charge in [-0.15, -0.1) is 17.9 Å². The zero-order chi connectivity index (χ0) is 15.3. The molecule has 1 heterocycles. The smallest absolute Gasteiger partial charge is 0.263 e. The predicted molar refractivity (Wildman–Crippen MR) is 83.6 cm³/mol. The molecule has 20 heavy (non-hydrogen) atoms. The zero-order valence-electron chi connectivity index (χ0n) is 11.9. The molecule has 0 bridgehead atoms. The van der Waals surface area contributed by atoms with Crippen LogP contribution in [0.5, 0.6) is 0 Å². The first-order valence-corrected chi connectivity index (χ1v) is 7.04. The summed E-state index contributed by atoms with van der Waals surface area (Å²) in [6.45, 7) is 6.56. The van der Waals surface area contributed by atoms with E-state index in [2.05, 4.69) is 17.2 Å². The van der Waals surface area contributed by atoms with E-state index in [-0.39, 0.29) is 17.5 Å². The normalized spacial score (nSPS) is 9.95. The molecule has 110 valence electrons. The molecular weight excluding hydrogens is 276 g/mol. The molecule has 2 amide bonds. The van der Waals surface area contributed by atoms with Crippen molar-refractivity contribution in [2.24, 2.45) is 0 Å². The van der Waals surface area contributed by atoms with Crippen LogP contribution in [0.2, 0.25) is 0 Å². The van der Waals surface area contributed by atoms with Crippen LogP contribution < -0.4 is 21.3 Å². The fourth-order valence-corrected chi connectivity index (χ4v) is 2.76. The Morgan fingerprint density at radius 2 is 2.10 bits per heavy atom. The van der Waals surface area contributed by atoms with E-state index in [9.17, 15) is 9.59 Å². The van der Waals surface area contributed by atoms with E-state index in [1.165, 1.54) is 18.4 Å². The van der Waals surface area contributed by atoms with Crippen molar-refractivity contribution in [1.29, 1.82) is 0 Å². The Kier molecular flexibility index (Phi) is 5.57. The molecular formula is C13H20N4O2S. The summed E-state index contributed by atoms with van der Waals surface area (Å²) in [5.74, 6) is -0.592. The van der Waals surface area contributed by atoms with Crippen LogP contribution in [0.1, 0.15) is 27.0 Å². The fourth-order valence-electron chi connectivity index (χ4n) is 1.60. The second-order valence-electron chi connectivity index (χ2n) is 4.12. The number of nitrogens with zero attached hydrogens (tertiary/aromatic N) is 1. The molecule has 1 aromatic rings. The van der Waals surface area contributed by atoms with Crippen molar-refractivity contribution < 1.29 is 9.59 Å². The number of nitrogen functional groups attached to an aromatic ring is 1. The van der Waals surface area contributed by atoms with E-state index in [0.717, 1.165) is 0 Å². The average molecular weight is 296 g/mol. The summed E-state index contributed by atoms with van der Waals surface area (Å²) in [7, 11) is 3.38. The molecule has 0 saturated heterocycles. The molecule has 6 nitrogen and oxygen atoms in total. The molecule has 0 radical (unpaired) electrons. The number of carbonyl (C=O) groups excluding carboxylic acids is 2. The van der Waals surface area contributed by atoms with Crippen LogP contribution in [0, 0.1) is 0 Å². The van der Waals surface area contributed by atoms with E-state index in [1.807, 2.05) is 18.9 Å². The quantitative estimate of drug-likeness (QED) is 0.685. The topological polar surface area (TPSA) is 87.5 Å². The standard InChI is InChI=1S/C13H20N4O2S/c1-5-7-16-12(19)10-9(14)8(11(18)15-3)13(20-10)17(4)6-2/h5H,1,6-7,14H2,2-4H3,(H,15,18)(H,16,19). The lowest BCUT2D eigenvalue weighted by molar-refractivity contribution is 0.0960. The number of carbonyl (C=O) groups is 2. The molecule has 1 rings (SSSR count). The second-order valence-corrected chi connectivity index (χ2v) is 5.12. The van der Waals surface area contributed by atoms with Gasteiger partial charge in [-0.3, -0.25) is 9.59 Å². The minimum absolute atomic E-state index is 0.214. The van der Waals surface area contributed by atoms with E-state index in [0.29, 0.717) is 28.5 Å². The van der Waals surface area contributed by atoms with Crippen molar-refractivity contribution in [3.8, 4) is 0 Å². The van der Waals surface area contributed by atoms with Gasteiger partial charge in [-0.1, -0.05) is 6.08 Å². The molecule has 0 unspecified atom stereocenters. The summed E-state index contributed by atoms with van der Waals surface area (Å²) in [5, 5.41) is 5.91. The Bertz CT molecular complexity index is 525.